The number of rotatable bonds is 4. The van der Waals surface area contributed by atoms with Crippen LogP contribution >= 0.6 is 0 Å². The van der Waals surface area contributed by atoms with Gasteiger partial charge in [-0.3, -0.25) is 0 Å². The largest absolute Gasteiger partial charge is 0.493 e. The standard InChI is InChI=1S/C12H12O3/c13-6-2-8-14-11-5-4-10-3-1-7-15-12(10)9-11/h1,3-6,9H,2,7-8H2. The van der Waals surface area contributed by atoms with E-state index in [2.05, 4.69) is 0 Å². The third-order valence-electron chi connectivity index (χ3n) is 2.12. The molecule has 15 heavy (non-hydrogen) atoms. The number of hydrogen-bond donors (Lipinski definition) is 0. The molecule has 3 heteroatoms. The summed E-state index contributed by atoms with van der Waals surface area (Å²) in [5.74, 6) is 1.58. The molecule has 0 atom stereocenters. The van der Waals surface area contributed by atoms with E-state index >= 15 is 0 Å². The highest BCUT2D eigenvalue weighted by atomic mass is 16.5. The Morgan fingerprint density at radius 2 is 2.40 bits per heavy atom. The van der Waals surface area contributed by atoms with E-state index in [4.69, 9.17) is 9.47 Å². The van der Waals surface area contributed by atoms with Gasteiger partial charge < -0.3 is 14.3 Å². The Kier molecular flexibility index (Phi) is 3.02. The highest BCUT2D eigenvalue weighted by Crippen LogP contribution is 2.28. The molecule has 1 heterocycles. The van der Waals surface area contributed by atoms with Crippen LogP contribution in [0.5, 0.6) is 11.5 Å². The molecular formula is C12H12O3. The summed E-state index contributed by atoms with van der Waals surface area (Å²) in [6.07, 6.45) is 5.25. The number of carbonyl (C=O) groups excluding carboxylic acids is 1. The van der Waals surface area contributed by atoms with Crippen molar-refractivity contribution in [3.05, 3.63) is 29.8 Å². The molecule has 1 aliphatic rings. The molecule has 1 aromatic carbocycles. The minimum atomic E-state index is 0.415. The number of hydrogen-bond acceptors (Lipinski definition) is 3. The SMILES string of the molecule is O=CCCOc1ccc2c(c1)OCC=C2. The quantitative estimate of drug-likeness (QED) is 0.556. The third kappa shape index (κ3) is 2.37. The maximum Gasteiger partial charge on any atom is 0.130 e. The summed E-state index contributed by atoms with van der Waals surface area (Å²) in [5.41, 5.74) is 1.06. The van der Waals surface area contributed by atoms with Crippen molar-refractivity contribution in [3.8, 4) is 11.5 Å². The van der Waals surface area contributed by atoms with Crippen molar-refractivity contribution >= 4 is 12.4 Å². The van der Waals surface area contributed by atoms with E-state index in [0.717, 1.165) is 23.3 Å². The van der Waals surface area contributed by atoms with Crippen molar-refractivity contribution in [1.82, 2.24) is 0 Å². The Bertz CT molecular complexity index is 382. The fraction of sp³-hybridized carbons (Fsp3) is 0.250. The van der Waals surface area contributed by atoms with Crippen LogP contribution in [0.1, 0.15) is 12.0 Å². The zero-order chi connectivity index (χ0) is 10.5. The molecule has 0 amide bonds. The van der Waals surface area contributed by atoms with Crippen LogP contribution in [-0.2, 0) is 4.79 Å². The molecule has 0 aliphatic carbocycles. The normalized spacial score (nSPS) is 12.8. The van der Waals surface area contributed by atoms with Crippen LogP contribution in [0, 0.1) is 0 Å². The second-order valence-electron chi connectivity index (χ2n) is 3.22. The first-order valence-corrected chi connectivity index (χ1v) is 4.90. The molecule has 1 aromatic rings. The van der Waals surface area contributed by atoms with Gasteiger partial charge >= 0.3 is 0 Å². The van der Waals surface area contributed by atoms with E-state index < -0.39 is 0 Å². The Balaban J connectivity index is 2.07. The molecular weight excluding hydrogens is 192 g/mol. The lowest BCUT2D eigenvalue weighted by atomic mass is 10.1. The third-order valence-corrected chi connectivity index (χ3v) is 2.12. The van der Waals surface area contributed by atoms with Gasteiger partial charge in [0.1, 0.15) is 24.4 Å². The van der Waals surface area contributed by atoms with Crippen molar-refractivity contribution in [3.63, 3.8) is 0 Å². The number of fused-ring (bicyclic) bond motifs is 1. The zero-order valence-corrected chi connectivity index (χ0v) is 8.31. The fourth-order valence-electron chi connectivity index (χ4n) is 1.41. The molecule has 0 unspecified atom stereocenters. The summed E-state index contributed by atoms with van der Waals surface area (Å²) in [6.45, 7) is 1.02. The Labute approximate surface area is 88.3 Å². The maximum atomic E-state index is 10.1. The van der Waals surface area contributed by atoms with Crippen molar-refractivity contribution in [2.24, 2.45) is 0 Å². The van der Waals surface area contributed by atoms with Crippen LogP contribution in [0.4, 0.5) is 0 Å². The van der Waals surface area contributed by atoms with Crippen LogP contribution in [0.3, 0.4) is 0 Å². The summed E-state index contributed by atoms with van der Waals surface area (Å²) in [7, 11) is 0. The van der Waals surface area contributed by atoms with Crippen molar-refractivity contribution in [1.29, 1.82) is 0 Å². The molecule has 0 N–H and O–H groups in total. The van der Waals surface area contributed by atoms with Gasteiger partial charge in [0.15, 0.2) is 0 Å². The van der Waals surface area contributed by atoms with Crippen LogP contribution < -0.4 is 9.47 Å². The summed E-state index contributed by atoms with van der Waals surface area (Å²) in [4.78, 5) is 10.1. The molecule has 0 aromatic heterocycles. The van der Waals surface area contributed by atoms with Gasteiger partial charge in [-0.1, -0.05) is 6.08 Å². The van der Waals surface area contributed by atoms with Gasteiger partial charge in [0.25, 0.3) is 0 Å². The number of ether oxygens (including phenoxy) is 2. The monoisotopic (exact) mass is 204 g/mol. The van der Waals surface area contributed by atoms with Crippen LogP contribution in [0.25, 0.3) is 6.08 Å². The van der Waals surface area contributed by atoms with Gasteiger partial charge in [-0.2, -0.15) is 0 Å². The van der Waals surface area contributed by atoms with E-state index in [1.54, 1.807) is 0 Å². The Morgan fingerprint density at radius 3 is 3.27 bits per heavy atom. The van der Waals surface area contributed by atoms with Crippen LogP contribution in [0.15, 0.2) is 24.3 Å². The predicted octanol–water partition coefficient (Wildman–Crippen LogP) is 2.06. The van der Waals surface area contributed by atoms with E-state index in [0.29, 0.717) is 19.6 Å². The highest BCUT2D eigenvalue weighted by molar-refractivity contribution is 5.61. The fourth-order valence-corrected chi connectivity index (χ4v) is 1.41. The van der Waals surface area contributed by atoms with Gasteiger partial charge in [0, 0.05) is 18.1 Å². The van der Waals surface area contributed by atoms with E-state index in [9.17, 15) is 4.79 Å². The van der Waals surface area contributed by atoms with Crippen molar-refractivity contribution in [2.75, 3.05) is 13.2 Å². The molecule has 2 rings (SSSR count). The Hall–Kier alpha value is -1.77. The molecule has 0 fully saturated rings. The minimum absolute atomic E-state index is 0.415. The molecule has 78 valence electrons. The summed E-state index contributed by atoms with van der Waals surface area (Å²) in [6, 6.07) is 5.67. The predicted molar refractivity (Wildman–Crippen MR) is 57.1 cm³/mol. The zero-order valence-electron chi connectivity index (χ0n) is 8.31. The van der Waals surface area contributed by atoms with E-state index in [1.165, 1.54) is 0 Å². The second kappa shape index (κ2) is 4.64. The number of benzene rings is 1. The first kappa shape index (κ1) is 9.77. The lowest BCUT2D eigenvalue weighted by Gasteiger charge is -2.13. The van der Waals surface area contributed by atoms with Crippen molar-refractivity contribution < 1.29 is 14.3 Å². The summed E-state index contributed by atoms with van der Waals surface area (Å²) >= 11 is 0. The molecule has 0 bridgehead atoms. The lowest BCUT2D eigenvalue weighted by molar-refractivity contribution is -0.108. The highest BCUT2D eigenvalue weighted by Gasteiger charge is 2.06. The average molecular weight is 204 g/mol. The number of carbonyl (C=O) groups is 1. The van der Waals surface area contributed by atoms with E-state index in [1.807, 2.05) is 30.4 Å². The van der Waals surface area contributed by atoms with Gasteiger partial charge in [-0.25, -0.2) is 0 Å². The molecule has 0 saturated heterocycles. The molecule has 3 nitrogen and oxygen atoms in total. The minimum Gasteiger partial charge on any atom is -0.493 e. The topological polar surface area (TPSA) is 35.5 Å². The molecule has 0 radical (unpaired) electrons. The Morgan fingerprint density at radius 1 is 1.47 bits per heavy atom. The lowest BCUT2D eigenvalue weighted by Crippen LogP contribution is -2.02. The first-order chi connectivity index (χ1) is 7.40. The van der Waals surface area contributed by atoms with Gasteiger partial charge in [-0.15, -0.1) is 0 Å². The molecule has 0 spiro atoms. The van der Waals surface area contributed by atoms with Gasteiger partial charge in [-0.05, 0) is 18.2 Å². The maximum absolute atomic E-state index is 10.1. The van der Waals surface area contributed by atoms with Gasteiger partial charge in [0.2, 0.25) is 0 Å². The van der Waals surface area contributed by atoms with Crippen molar-refractivity contribution in [2.45, 2.75) is 6.42 Å². The first-order valence-electron chi connectivity index (χ1n) is 4.90. The van der Waals surface area contributed by atoms with E-state index in [-0.39, 0.29) is 0 Å². The number of aldehydes is 1. The smallest absolute Gasteiger partial charge is 0.130 e. The van der Waals surface area contributed by atoms with Crippen LogP contribution in [-0.4, -0.2) is 19.5 Å². The summed E-state index contributed by atoms with van der Waals surface area (Å²) < 4.78 is 10.8. The molecule has 1 aliphatic heterocycles. The summed E-state index contributed by atoms with van der Waals surface area (Å²) in [5, 5.41) is 0. The van der Waals surface area contributed by atoms with Gasteiger partial charge in [0.05, 0.1) is 6.61 Å². The van der Waals surface area contributed by atoms with Crippen LogP contribution in [0.2, 0.25) is 0 Å². The average Bonchev–Trinajstić information content (AvgIpc) is 2.29. The second-order valence-corrected chi connectivity index (χ2v) is 3.22. The molecule has 0 saturated carbocycles.